The molecule has 0 spiro atoms. The zero-order chi connectivity index (χ0) is 13.4. The predicted octanol–water partition coefficient (Wildman–Crippen LogP) is 0.704. The number of carbonyl (C=O) groups excluding carboxylic acids is 2. The molecule has 0 aromatic rings. The predicted molar refractivity (Wildman–Crippen MR) is 70.5 cm³/mol. The third kappa shape index (κ3) is 4.33. The molecular weight excluding hydrogens is 230 g/mol. The molecule has 1 rings (SSSR count). The van der Waals surface area contributed by atoms with Gasteiger partial charge in [-0.05, 0) is 37.6 Å². The van der Waals surface area contributed by atoms with Crippen LogP contribution in [-0.4, -0.2) is 49.3 Å². The Bertz CT molecular complexity index is 344. The Labute approximate surface area is 108 Å². The van der Waals surface area contributed by atoms with Crippen molar-refractivity contribution in [3.63, 3.8) is 0 Å². The van der Waals surface area contributed by atoms with Crippen LogP contribution in [0.5, 0.6) is 0 Å². The van der Waals surface area contributed by atoms with E-state index in [9.17, 15) is 9.59 Å². The van der Waals surface area contributed by atoms with Crippen molar-refractivity contribution in [2.75, 3.05) is 27.2 Å². The van der Waals surface area contributed by atoms with Crippen LogP contribution in [0.25, 0.3) is 0 Å². The number of nitrogens with zero attached hydrogens (tertiary/aromatic N) is 2. The summed E-state index contributed by atoms with van der Waals surface area (Å²) in [6, 6.07) is 0. The topological polar surface area (TPSA) is 52.7 Å². The summed E-state index contributed by atoms with van der Waals surface area (Å²) in [5.74, 6) is -0.337. The minimum atomic E-state index is -0.337. The number of aldehydes is 1. The molecule has 0 aliphatic carbocycles. The number of nitrogens with one attached hydrogen (secondary N) is 1. The molecule has 1 aliphatic rings. The van der Waals surface area contributed by atoms with Gasteiger partial charge in [0.1, 0.15) is 0 Å². The molecule has 1 fully saturated rings. The van der Waals surface area contributed by atoms with Crippen molar-refractivity contribution in [3.05, 3.63) is 23.9 Å². The number of rotatable bonds is 5. The summed E-state index contributed by atoms with van der Waals surface area (Å²) >= 11 is 0. The first-order valence-electron chi connectivity index (χ1n) is 6.22. The minimum absolute atomic E-state index is 0.139. The van der Waals surface area contributed by atoms with Gasteiger partial charge in [-0.3, -0.25) is 14.6 Å². The van der Waals surface area contributed by atoms with Gasteiger partial charge in [-0.15, -0.1) is 0 Å². The zero-order valence-corrected chi connectivity index (χ0v) is 11.1. The van der Waals surface area contributed by atoms with Crippen molar-refractivity contribution in [2.24, 2.45) is 0 Å². The Hall–Kier alpha value is -1.62. The molecule has 5 heteroatoms. The van der Waals surface area contributed by atoms with Gasteiger partial charge in [0.05, 0.1) is 5.57 Å². The van der Waals surface area contributed by atoms with E-state index in [1.54, 1.807) is 26.2 Å². The Morgan fingerprint density at radius 2 is 1.94 bits per heavy atom. The molecule has 0 radical (unpaired) electrons. The maximum absolute atomic E-state index is 11.7. The molecule has 0 aromatic heterocycles. The highest BCUT2D eigenvalue weighted by Crippen LogP contribution is 2.08. The van der Waals surface area contributed by atoms with Crippen LogP contribution < -0.4 is 5.43 Å². The van der Waals surface area contributed by atoms with Crippen molar-refractivity contribution in [2.45, 2.75) is 19.3 Å². The molecule has 0 aromatic carbocycles. The Balaban J connectivity index is 2.58. The van der Waals surface area contributed by atoms with Crippen LogP contribution in [0.2, 0.25) is 0 Å². The summed E-state index contributed by atoms with van der Waals surface area (Å²) in [6.07, 6.45) is 9.53. The van der Waals surface area contributed by atoms with Gasteiger partial charge in [0, 0.05) is 27.2 Å². The van der Waals surface area contributed by atoms with Crippen molar-refractivity contribution < 1.29 is 9.59 Å². The van der Waals surface area contributed by atoms with E-state index in [1.807, 2.05) is 6.20 Å². The van der Waals surface area contributed by atoms with Gasteiger partial charge >= 0.3 is 0 Å². The van der Waals surface area contributed by atoms with Crippen molar-refractivity contribution >= 4 is 12.2 Å². The van der Waals surface area contributed by atoms with E-state index in [1.165, 1.54) is 24.3 Å². The number of hydrazine groups is 1. The third-order valence-corrected chi connectivity index (χ3v) is 2.98. The van der Waals surface area contributed by atoms with Crippen molar-refractivity contribution in [1.29, 1.82) is 0 Å². The van der Waals surface area contributed by atoms with E-state index in [-0.39, 0.29) is 11.5 Å². The summed E-state index contributed by atoms with van der Waals surface area (Å²) in [5.41, 5.74) is 2.81. The largest absolute Gasteiger partial charge is 0.377 e. The summed E-state index contributed by atoms with van der Waals surface area (Å²) in [7, 11) is 3.21. The van der Waals surface area contributed by atoms with Crippen LogP contribution in [0.15, 0.2) is 23.9 Å². The lowest BCUT2D eigenvalue weighted by Crippen LogP contribution is -2.37. The lowest BCUT2D eigenvalue weighted by molar-refractivity contribution is -0.129. The SMILES string of the molecule is CNN(C)C(=O)/C(C=O)=C\C=C\N1CCCCC1. The fourth-order valence-corrected chi connectivity index (χ4v) is 1.79. The van der Waals surface area contributed by atoms with Crippen LogP contribution in [0.3, 0.4) is 0 Å². The molecule has 1 aliphatic heterocycles. The van der Waals surface area contributed by atoms with E-state index in [4.69, 9.17) is 0 Å². The quantitative estimate of drug-likeness (QED) is 0.195. The van der Waals surface area contributed by atoms with Crippen LogP contribution in [0.1, 0.15) is 19.3 Å². The molecule has 18 heavy (non-hydrogen) atoms. The molecule has 1 saturated heterocycles. The van der Waals surface area contributed by atoms with Crippen molar-refractivity contribution in [1.82, 2.24) is 15.3 Å². The number of carbonyl (C=O) groups is 2. The lowest BCUT2D eigenvalue weighted by Gasteiger charge is -2.24. The number of allylic oxidation sites excluding steroid dienone is 2. The van der Waals surface area contributed by atoms with E-state index in [2.05, 4.69) is 10.3 Å². The fraction of sp³-hybridized carbons (Fsp3) is 0.538. The first kappa shape index (κ1) is 14.4. The molecule has 0 saturated carbocycles. The molecule has 5 nitrogen and oxygen atoms in total. The lowest BCUT2D eigenvalue weighted by atomic mass is 10.1. The van der Waals surface area contributed by atoms with E-state index in [0.717, 1.165) is 13.1 Å². The van der Waals surface area contributed by atoms with Crippen LogP contribution >= 0.6 is 0 Å². The monoisotopic (exact) mass is 251 g/mol. The first-order valence-corrected chi connectivity index (χ1v) is 6.22. The van der Waals surface area contributed by atoms with Crippen LogP contribution in [-0.2, 0) is 9.59 Å². The average molecular weight is 251 g/mol. The standard InChI is InChI=1S/C13H21N3O2/c1-14-15(2)13(18)12(11-17)7-6-10-16-8-4-3-5-9-16/h6-7,10-11,14H,3-5,8-9H2,1-2H3/b10-6+,12-7-. The van der Waals surface area contributed by atoms with E-state index < -0.39 is 0 Å². The fourth-order valence-electron chi connectivity index (χ4n) is 1.79. The average Bonchev–Trinajstić information content (AvgIpc) is 2.43. The van der Waals surface area contributed by atoms with Gasteiger partial charge in [-0.1, -0.05) is 0 Å². The number of hydrogen-bond donors (Lipinski definition) is 1. The van der Waals surface area contributed by atoms with Crippen LogP contribution in [0, 0.1) is 0 Å². The smallest absolute Gasteiger partial charge is 0.271 e. The van der Waals surface area contributed by atoms with Gasteiger partial charge in [-0.2, -0.15) is 0 Å². The highest BCUT2D eigenvalue weighted by atomic mass is 16.2. The Morgan fingerprint density at radius 1 is 1.28 bits per heavy atom. The highest BCUT2D eigenvalue weighted by Gasteiger charge is 2.11. The van der Waals surface area contributed by atoms with E-state index in [0.29, 0.717) is 6.29 Å². The summed E-state index contributed by atoms with van der Waals surface area (Å²) in [5, 5.41) is 1.27. The first-order chi connectivity index (χ1) is 8.69. The van der Waals surface area contributed by atoms with Gasteiger partial charge in [-0.25, -0.2) is 5.43 Å². The third-order valence-electron chi connectivity index (χ3n) is 2.98. The van der Waals surface area contributed by atoms with Crippen molar-refractivity contribution in [3.8, 4) is 0 Å². The Kier molecular flexibility index (Phi) is 6.14. The molecule has 100 valence electrons. The summed E-state index contributed by atoms with van der Waals surface area (Å²) in [4.78, 5) is 24.8. The molecular formula is C13H21N3O2. The molecule has 1 amide bonds. The molecule has 0 unspecified atom stereocenters. The Morgan fingerprint density at radius 3 is 2.50 bits per heavy atom. The van der Waals surface area contributed by atoms with Gasteiger partial charge < -0.3 is 4.90 Å². The van der Waals surface area contributed by atoms with Gasteiger partial charge in [0.25, 0.3) is 5.91 Å². The molecule has 1 heterocycles. The maximum Gasteiger partial charge on any atom is 0.271 e. The highest BCUT2D eigenvalue weighted by molar-refractivity contribution is 6.10. The van der Waals surface area contributed by atoms with Gasteiger partial charge in [0.15, 0.2) is 6.29 Å². The molecule has 0 bridgehead atoms. The second kappa shape index (κ2) is 7.66. The normalized spacial score (nSPS) is 17.0. The zero-order valence-electron chi connectivity index (χ0n) is 11.1. The number of piperidine rings is 1. The molecule has 1 N–H and O–H groups in total. The number of likely N-dealkylation sites (tertiary alicyclic amines) is 1. The molecule has 0 atom stereocenters. The summed E-state index contributed by atoms with van der Waals surface area (Å²) < 4.78 is 0. The van der Waals surface area contributed by atoms with E-state index >= 15 is 0 Å². The number of amides is 1. The second-order valence-corrected chi connectivity index (χ2v) is 4.27. The van der Waals surface area contributed by atoms with Gasteiger partial charge in [0.2, 0.25) is 0 Å². The summed E-state index contributed by atoms with van der Waals surface area (Å²) in [6.45, 7) is 2.09. The number of hydrogen-bond acceptors (Lipinski definition) is 4. The number of likely N-dealkylation sites (N-methyl/N-ethyl adjacent to an activating group) is 1. The van der Waals surface area contributed by atoms with Crippen LogP contribution in [0.4, 0.5) is 0 Å². The minimum Gasteiger partial charge on any atom is -0.377 e. The second-order valence-electron chi connectivity index (χ2n) is 4.27. The maximum atomic E-state index is 11.7.